The first-order valence-corrected chi connectivity index (χ1v) is 8.39. The molecule has 1 rings (SSSR count). The smallest absolute Gasteiger partial charge is 0.309 e. The topological polar surface area (TPSA) is 35.5 Å². The summed E-state index contributed by atoms with van der Waals surface area (Å²) in [6, 6.07) is 8.26. The fourth-order valence-electron chi connectivity index (χ4n) is 1.80. The van der Waals surface area contributed by atoms with E-state index in [0.717, 1.165) is 17.3 Å². The highest BCUT2D eigenvalue weighted by Crippen LogP contribution is 2.24. The minimum absolute atomic E-state index is 0.0638. The summed E-state index contributed by atoms with van der Waals surface area (Å²) in [6.07, 6.45) is 0. The fraction of sp³-hybridized carbons (Fsp3) is 0.588. The van der Waals surface area contributed by atoms with Crippen LogP contribution in [0.3, 0.4) is 0 Å². The third-order valence-electron chi connectivity index (χ3n) is 3.19. The molecule has 118 valence electrons. The largest absolute Gasteiger partial charge is 0.493 e. The molecule has 0 bridgehead atoms. The van der Waals surface area contributed by atoms with Gasteiger partial charge in [0, 0.05) is 11.5 Å². The van der Waals surface area contributed by atoms with Gasteiger partial charge in [0.25, 0.3) is 0 Å². The number of benzene rings is 1. The molecule has 0 saturated heterocycles. The van der Waals surface area contributed by atoms with Crippen molar-refractivity contribution in [2.75, 3.05) is 25.2 Å². The Kier molecular flexibility index (Phi) is 7.09. The van der Waals surface area contributed by atoms with Gasteiger partial charge in [0.15, 0.2) is 0 Å². The highest BCUT2D eigenvalue weighted by molar-refractivity contribution is 7.99. The van der Waals surface area contributed by atoms with Gasteiger partial charge in [-0.15, -0.1) is 0 Å². The van der Waals surface area contributed by atoms with Crippen molar-refractivity contribution in [1.82, 2.24) is 0 Å². The second kappa shape index (κ2) is 8.32. The van der Waals surface area contributed by atoms with E-state index >= 15 is 0 Å². The van der Waals surface area contributed by atoms with E-state index in [0.29, 0.717) is 6.61 Å². The number of methoxy groups -OCH3 is 1. The number of thioether (sulfide) groups is 1. The molecule has 0 N–H and O–H groups in total. The lowest BCUT2D eigenvalue weighted by Crippen LogP contribution is -2.15. The van der Waals surface area contributed by atoms with E-state index in [1.807, 2.05) is 19.1 Å². The summed E-state index contributed by atoms with van der Waals surface area (Å²) in [6.45, 7) is 9.12. The van der Waals surface area contributed by atoms with Gasteiger partial charge in [-0.05, 0) is 23.1 Å². The van der Waals surface area contributed by atoms with Crippen LogP contribution in [0.2, 0.25) is 0 Å². The molecule has 0 aliphatic carbocycles. The van der Waals surface area contributed by atoms with Crippen molar-refractivity contribution in [3.05, 3.63) is 29.8 Å². The molecule has 1 aromatic rings. The van der Waals surface area contributed by atoms with Crippen molar-refractivity contribution >= 4 is 17.7 Å². The van der Waals surface area contributed by atoms with Gasteiger partial charge in [0.1, 0.15) is 5.75 Å². The summed E-state index contributed by atoms with van der Waals surface area (Å²) in [4.78, 5) is 11.2. The number of esters is 1. The predicted octanol–water partition coefficient (Wildman–Crippen LogP) is 3.91. The van der Waals surface area contributed by atoms with Crippen LogP contribution in [0.4, 0.5) is 0 Å². The third-order valence-corrected chi connectivity index (χ3v) is 4.38. The maximum Gasteiger partial charge on any atom is 0.309 e. The van der Waals surface area contributed by atoms with Crippen molar-refractivity contribution < 1.29 is 14.3 Å². The van der Waals surface area contributed by atoms with E-state index in [1.54, 1.807) is 11.8 Å². The summed E-state index contributed by atoms with van der Waals surface area (Å²) < 4.78 is 10.4. The molecule has 0 aromatic heterocycles. The van der Waals surface area contributed by atoms with E-state index in [2.05, 4.69) is 32.9 Å². The molecule has 0 aliphatic rings. The lowest BCUT2D eigenvalue weighted by atomic mass is 9.87. The number of hydrogen-bond acceptors (Lipinski definition) is 4. The van der Waals surface area contributed by atoms with Crippen LogP contribution in [0.1, 0.15) is 33.3 Å². The maximum atomic E-state index is 11.2. The van der Waals surface area contributed by atoms with E-state index < -0.39 is 0 Å². The van der Waals surface area contributed by atoms with Gasteiger partial charge in [-0.25, -0.2) is 0 Å². The summed E-state index contributed by atoms with van der Waals surface area (Å²) in [5.41, 5.74) is 1.47. The van der Waals surface area contributed by atoms with E-state index in [1.165, 1.54) is 12.7 Å². The molecule has 0 heterocycles. The Hall–Kier alpha value is -1.16. The normalized spacial score (nSPS) is 12.8. The number of carbonyl (C=O) groups excluding carboxylic acids is 1. The molecule has 0 amide bonds. The Labute approximate surface area is 132 Å². The predicted molar refractivity (Wildman–Crippen MR) is 89.1 cm³/mol. The molecular formula is C17H26O3S. The number of hydrogen-bond donors (Lipinski definition) is 0. The van der Waals surface area contributed by atoms with Gasteiger partial charge in [0.05, 0.1) is 19.6 Å². The van der Waals surface area contributed by atoms with Gasteiger partial charge < -0.3 is 9.47 Å². The van der Waals surface area contributed by atoms with Crippen LogP contribution in [0.15, 0.2) is 24.3 Å². The quantitative estimate of drug-likeness (QED) is 0.565. The highest BCUT2D eigenvalue weighted by atomic mass is 32.2. The van der Waals surface area contributed by atoms with Gasteiger partial charge in [0.2, 0.25) is 0 Å². The van der Waals surface area contributed by atoms with Crippen LogP contribution in [-0.4, -0.2) is 31.2 Å². The third kappa shape index (κ3) is 6.42. The Bertz CT molecular complexity index is 434. The highest BCUT2D eigenvalue weighted by Gasteiger charge is 2.13. The van der Waals surface area contributed by atoms with Gasteiger partial charge in [-0.1, -0.05) is 39.8 Å². The molecule has 0 saturated carbocycles. The lowest BCUT2D eigenvalue weighted by molar-refractivity contribution is -0.143. The van der Waals surface area contributed by atoms with Crippen molar-refractivity contribution in [2.45, 2.75) is 33.1 Å². The summed E-state index contributed by atoms with van der Waals surface area (Å²) in [5, 5.41) is 0. The summed E-state index contributed by atoms with van der Waals surface area (Å²) in [7, 11) is 1.42. The van der Waals surface area contributed by atoms with Crippen LogP contribution < -0.4 is 4.74 Å². The summed E-state index contributed by atoms with van der Waals surface area (Å²) in [5.74, 6) is 2.30. The van der Waals surface area contributed by atoms with Gasteiger partial charge in [-0.2, -0.15) is 11.8 Å². The molecule has 21 heavy (non-hydrogen) atoms. The summed E-state index contributed by atoms with van der Waals surface area (Å²) >= 11 is 1.71. The molecule has 0 spiro atoms. The monoisotopic (exact) mass is 310 g/mol. The zero-order valence-corrected chi connectivity index (χ0v) is 14.5. The number of ether oxygens (including phenoxy) is 2. The van der Waals surface area contributed by atoms with Crippen molar-refractivity contribution in [1.29, 1.82) is 0 Å². The van der Waals surface area contributed by atoms with Crippen LogP contribution in [0.5, 0.6) is 5.75 Å². The molecule has 0 fully saturated rings. The molecule has 0 aliphatic heterocycles. The first-order chi connectivity index (χ1) is 9.84. The van der Waals surface area contributed by atoms with Crippen molar-refractivity contribution in [3.63, 3.8) is 0 Å². The second-order valence-electron chi connectivity index (χ2n) is 6.12. The zero-order valence-electron chi connectivity index (χ0n) is 13.6. The van der Waals surface area contributed by atoms with Crippen LogP contribution >= 0.6 is 11.8 Å². The minimum Gasteiger partial charge on any atom is -0.493 e. The second-order valence-corrected chi connectivity index (χ2v) is 7.27. The van der Waals surface area contributed by atoms with Crippen molar-refractivity contribution in [3.8, 4) is 5.75 Å². The fourth-order valence-corrected chi connectivity index (χ4v) is 2.66. The first kappa shape index (κ1) is 17.9. The number of carbonyl (C=O) groups is 1. The molecular weight excluding hydrogens is 284 g/mol. The molecule has 0 radical (unpaired) electrons. The average Bonchev–Trinajstić information content (AvgIpc) is 2.45. The van der Waals surface area contributed by atoms with E-state index in [9.17, 15) is 4.79 Å². The molecule has 1 atom stereocenters. The van der Waals surface area contributed by atoms with Crippen LogP contribution in [0, 0.1) is 5.92 Å². The van der Waals surface area contributed by atoms with E-state index in [4.69, 9.17) is 9.47 Å². The Balaban J connectivity index is 2.26. The maximum absolute atomic E-state index is 11.2. The standard InChI is InChI=1S/C17H26O3S/c1-13(16(18)19-5)12-21-11-10-20-15-8-6-14(7-9-15)17(2,3)4/h6-9,13H,10-12H2,1-5H3. The Morgan fingerprint density at radius 3 is 2.38 bits per heavy atom. The van der Waals surface area contributed by atoms with Gasteiger partial charge >= 0.3 is 5.97 Å². The molecule has 4 heteroatoms. The molecule has 3 nitrogen and oxygen atoms in total. The lowest BCUT2D eigenvalue weighted by Gasteiger charge is -2.19. The minimum atomic E-state index is -0.152. The number of rotatable bonds is 7. The SMILES string of the molecule is COC(=O)C(C)CSCCOc1ccc(C(C)(C)C)cc1. The molecule has 1 unspecified atom stereocenters. The van der Waals surface area contributed by atoms with E-state index in [-0.39, 0.29) is 17.3 Å². The van der Waals surface area contributed by atoms with Crippen LogP contribution in [-0.2, 0) is 14.9 Å². The van der Waals surface area contributed by atoms with Crippen molar-refractivity contribution in [2.24, 2.45) is 5.92 Å². The average molecular weight is 310 g/mol. The first-order valence-electron chi connectivity index (χ1n) is 7.23. The Morgan fingerprint density at radius 2 is 1.86 bits per heavy atom. The zero-order chi connectivity index (χ0) is 15.9. The molecule has 1 aromatic carbocycles. The van der Waals surface area contributed by atoms with Gasteiger partial charge in [-0.3, -0.25) is 4.79 Å². The van der Waals surface area contributed by atoms with Crippen LogP contribution in [0.25, 0.3) is 0 Å². The Morgan fingerprint density at radius 1 is 1.24 bits per heavy atom.